The van der Waals surface area contributed by atoms with E-state index in [0.717, 1.165) is 12.1 Å². The normalized spacial score (nSPS) is 21.0. The molecule has 1 aromatic rings. The maximum atomic E-state index is 13.5. The van der Waals surface area contributed by atoms with Crippen molar-refractivity contribution >= 4 is 17.4 Å². The summed E-state index contributed by atoms with van der Waals surface area (Å²) in [4.78, 5) is 13.7. The molecule has 1 aliphatic heterocycles. The summed E-state index contributed by atoms with van der Waals surface area (Å²) >= 11 is 0. The Hall–Kier alpha value is -2.11. The second-order valence-corrected chi connectivity index (χ2v) is 4.80. The van der Waals surface area contributed by atoms with Crippen LogP contribution in [0.2, 0.25) is 0 Å². The number of likely N-dealkylation sites (tertiary alicyclic amines) is 1. The predicted molar refractivity (Wildman–Crippen MR) is 74.6 cm³/mol. The van der Waals surface area contributed by atoms with Crippen LogP contribution >= 0.6 is 0 Å². The van der Waals surface area contributed by atoms with Gasteiger partial charge in [-0.05, 0) is 18.6 Å². The second-order valence-electron chi connectivity index (χ2n) is 4.80. The van der Waals surface area contributed by atoms with Gasteiger partial charge >= 0.3 is 6.03 Å². The first-order chi connectivity index (χ1) is 9.65. The van der Waals surface area contributed by atoms with E-state index in [1.165, 1.54) is 12.1 Å². The molecule has 5 nitrogen and oxygen atoms in total. The highest BCUT2D eigenvalue weighted by atomic mass is 19.1. The van der Waals surface area contributed by atoms with Crippen LogP contribution in [0.15, 0.2) is 29.4 Å². The Morgan fingerprint density at radius 2 is 2.30 bits per heavy atom. The van der Waals surface area contributed by atoms with Crippen molar-refractivity contribution in [1.29, 1.82) is 0 Å². The predicted octanol–water partition coefficient (Wildman–Crippen LogP) is 2.92. The Bertz CT molecular complexity index is 519. The summed E-state index contributed by atoms with van der Waals surface area (Å²) in [6.45, 7) is 2.93. The van der Waals surface area contributed by atoms with Gasteiger partial charge in [-0.1, -0.05) is 24.2 Å². The standard InChI is InChI=1S/C14H18FN3O2/c1-2-10-9-18(8-7-12(10)17-20)14(19)16-13-6-4-3-5-11(13)15/h3-6,10,20H,2,7-9H2,1H3,(H,16,19)/b17-12+. The molecule has 2 rings (SSSR count). The van der Waals surface area contributed by atoms with E-state index >= 15 is 0 Å². The molecule has 1 aliphatic rings. The van der Waals surface area contributed by atoms with Crippen molar-refractivity contribution in [1.82, 2.24) is 4.90 Å². The summed E-state index contributed by atoms with van der Waals surface area (Å²) < 4.78 is 13.5. The van der Waals surface area contributed by atoms with E-state index in [2.05, 4.69) is 10.5 Å². The molecule has 0 radical (unpaired) electrons. The number of nitrogens with zero attached hydrogens (tertiary/aromatic N) is 2. The third-order valence-corrected chi connectivity index (χ3v) is 3.57. The summed E-state index contributed by atoms with van der Waals surface area (Å²) in [5, 5.41) is 14.8. The molecular weight excluding hydrogens is 261 g/mol. The SMILES string of the molecule is CCC1CN(C(=O)Nc2ccccc2F)CC/C1=N\O. The summed E-state index contributed by atoms with van der Waals surface area (Å²) in [7, 11) is 0. The van der Waals surface area contributed by atoms with Crippen molar-refractivity contribution in [2.24, 2.45) is 11.1 Å². The van der Waals surface area contributed by atoms with Crippen molar-refractivity contribution in [3.05, 3.63) is 30.1 Å². The number of amides is 2. The van der Waals surface area contributed by atoms with E-state index < -0.39 is 5.82 Å². The molecule has 0 spiro atoms. The lowest BCUT2D eigenvalue weighted by atomic mass is 9.93. The van der Waals surface area contributed by atoms with Crippen LogP contribution in [0.4, 0.5) is 14.9 Å². The third-order valence-electron chi connectivity index (χ3n) is 3.57. The molecule has 6 heteroatoms. The zero-order valence-electron chi connectivity index (χ0n) is 11.3. The van der Waals surface area contributed by atoms with Crippen molar-refractivity contribution in [2.75, 3.05) is 18.4 Å². The van der Waals surface area contributed by atoms with E-state index in [-0.39, 0.29) is 17.6 Å². The number of urea groups is 1. The molecule has 0 saturated carbocycles. The molecule has 0 aromatic heterocycles. The molecule has 0 aliphatic carbocycles. The Labute approximate surface area is 117 Å². The van der Waals surface area contributed by atoms with Crippen molar-refractivity contribution < 1.29 is 14.4 Å². The van der Waals surface area contributed by atoms with E-state index in [1.807, 2.05) is 6.92 Å². The Morgan fingerprint density at radius 3 is 2.95 bits per heavy atom. The molecule has 1 aromatic carbocycles. The number of nitrogens with one attached hydrogen (secondary N) is 1. The van der Waals surface area contributed by atoms with E-state index in [1.54, 1.807) is 17.0 Å². The highest BCUT2D eigenvalue weighted by molar-refractivity contribution is 5.93. The van der Waals surface area contributed by atoms with E-state index in [0.29, 0.717) is 19.5 Å². The van der Waals surface area contributed by atoms with Gasteiger partial charge in [0, 0.05) is 25.4 Å². The van der Waals surface area contributed by atoms with Gasteiger partial charge in [-0.3, -0.25) is 0 Å². The lowest BCUT2D eigenvalue weighted by Gasteiger charge is -2.32. The zero-order chi connectivity index (χ0) is 14.5. The number of piperidine rings is 1. The van der Waals surface area contributed by atoms with E-state index in [9.17, 15) is 9.18 Å². The smallest absolute Gasteiger partial charge is 0.321 e. The number of halogens is 1. The molecule has 20 heavy (non-hydrogen) atoms. The summed E-state index contributed by atoms with van der Waals surface area (Å²) in [5.41, 5.74) is 0.898. The van der Waals surface area contributed by atoms with E-state index in [4.69, 9.17) is 5.21 Å². The summed E-state index contributed by atoms with van der Waals surface area (Å²) in [6.07, 6.45) is 1.34. The molecule has 2 amide bonds. The molecule has 0 bridgehead atoms. The number of rotatable bonds is 2. The highest BCUT2D eigenvalue weighted by Gasteiger charge is 2.27. The fraction of sp³-hybridized carbons (Fsp3) is 0.429. The van der Waals surface area contributed by atoms with Crippen molar-refractivity contribution in [3.8, 4) is 0 Å². The number of benzene rings is 1. The minimum Gasteiger partial charge on any atom is -0.411 e. The number of hydrogen-bond acceptors (Lipinski definition) is 3. The van der Waals surface area contributed by atoms with Crippen LogP contribution in [0, 0.1) is 11.7 Å². The Kier molecular flexibility index (Phi) is 4.55. The van der Waals surface area contributed by atoms with Gasteiger partial charge in [-0.25, -0.2) is 9.18 Å². The van der Waals surface area contributed by atoms with Gasteiger partial charge in [-0.15, -0.1) is 0 Å². The molecule has 1 atom stereocenters. The lowest BCUT2D eigenvalue weighted by molar-refractivity contribution is 0.200. The van der Waals surface area contributed by atoms with Gasteiger partial charge in [0.25, 0.3) is 0 Å². The Morgan fingerprint density at radius 1 is 1.55 bits per heavy atom. The first-order valence-corrected chi connectivity index (χ1v) is 6.67. The molecule has 1 fully saturated rings. The monoisotopic (exact) mass is 279 g/mol. The summed E-state index contributed by atoms with van der Waals surface area (Å²) in [6, 6.07) is 5.74. The topological polar surface area (TPSA) is 64.9 Å². The van der Waals surface area contributed by atoms with Gasteiger partial charge in [0.15, 0.2) is 0 Å². The average Bonchev–Trinajstić information content (AvgIpc) is 2.48. The molecule has 1 unspecified atom stereocenters. The van der Waals surface area contributed by atoms with Gasteiger partial charge in [-0.2, -0.15) is 0 Å². The maximum Gasteiger partial charge on any atom is 0.321 e. The van der Waals surface area contributed by atoms with Gasteiger partial charge in [0.2, 0.25) is 0 Å². The lowest BCUT2D eigenvalue weighted by Crippen LogP contribution is -2.45. The van der Waals surface area contributed by atoms with Crippen LogP contribution in [0.1, 0.15) is 19.8 Å². The van der Waals surface area contributed by atoms with Gasteiger partial charge in [0.1, 0.15) is 5.82 Å². The van der Waals surface area contributed by atoms with Crippen LogP contribution in [0.25, 0.3) is 0 Å². The van der Waals surface area contributed by atoms with Crippen LogP contribution in [-0.4, -0.2) is 34.9 Å². The molecule has 1 saturated heterocycles. The average molecular weight is 279 g/mol. The number of para-hydroxylation sites is 1. The van der Waals surface area contributed by atoms with Crippen molar-refractivity contribution in [2.45, 2.75) is 19.8 Å². The first kappa shape index (κ1) is 14.3. The first-order valence-electron chi connectivity index (χ1n) is 6.67. The molecular formula is C14H18FN3O2. The Balaban J connectivity index is 2.02. The number of carbonyl (C=O) groups excluding carboxylic acids is 1. The summed E-state index contributed by atoms with van der Waals surface area (Å²) in [5.74, 6) is -0.400. The number of anilines is 1. The number of hydrogen-bond donors (Lipinski definition) is 2. The van der Waals surface area contributed by atoms with Gasteiger partial charge < -0.3 is 15.4 Å². The minimum atomic E-state index is -0.456. The third kappa shape index (κ3) is 3.07. The zero-order valence-corrected chi connectivity index (χ0v) is 11.3. The van der Waals surface area contributed by atoms with Gasteiger partial charge in [0.05, 0.1) is 11.4 Å². The quantitative estimate of drug-likeness (QED) is 0.645. The molecule has 108 valence electrons. The van der Waals surface area contributed by atoms with Crippen LogP contribution in [0.3, 0.4) is 0 Å². The van der Waals surface area contributed by atoms with Crippen LogP contribution < -0.4 is 5.32 Å². The number of carbonyl (C=O) groups is 1. The number of oxime groups is 1. The second kappa shape index (κ2) is 6.36. The fourth-order valence-corrected chi connectivity index (χ4v) is 2.35. The maximum absolute atomic E-state index is 13.5. The molecule has 1 heterocycles. The molecule has 2 N–H and O–H groups in total. The van der Waals surface area contributed by atoms with Crippen LogP contribution in [-0.2, 0) is 0 Å². The highest BCUT2D eigenvalue weighted by Crippen LogP contribution is 2.19. The van der Waals surface area contributed by atoms with Crippen molar-refractivity contribution in [3.63, 3.8) is 0 Å². The fourth-order valence-electron chi connectivity index (χ4n) is 2.35. The van der Waals surface area contributed by atoms with Crippen LogP contribution in [0.5, 0.6) is 0 Å². The largest absolute Gasteiger partial charge is 0.411 e. The minimum absolute atomic E-state index is 0.0557.